The minimum absolute atomic E-state index is 0.0701. The monoisotopic (exact) mass is 338 g/mol. The number of aryl methyl sites for hydroxylation is 2. The first-order valence-electron chi connectivity index (χ1n) is 7.28. The largest absolute Gasteiger partial charge is 0.306 e. The van der Waals surface area contributed by atoms with Gasteiger partial charge in [-0.1, -0.05) is 29.8 Å². The highest BCUT2D eigenvalue weighted by Crippen LogP contribution is 2.38. The smallest absolute Gasteiger partial charge is 0.260 e. The number of benzene rings is 1. The van der Waals surface area contributed by atoms with Crippen molar-refractivity contribution in [2.45, 2.75) is 13.8 Å². The quantitative estimate of drug-likeness (QED) is 0.559. The highest BCUT2D eigenvalue weighted by Gasteiger charge is 2.17. The van der Waals surface area contributed by atoms with Crippen molar-refractivity contribution >= 4 is 32.9 Å². The van der Waals surface area contributed by atoms with Crippen LogP contribution in [0.15, 0.2) is 46.6 Å². The molecule has 4 rings (SSSR count). The zero-order valence-corrected chi connectivity index (χ0v) is 14.3. The van der Waals surface area contributed by atoms with Crippen molar-refractivity contribution in [1.29, 1.82) is 0 Å². The molecule has 0 saturated carbocycles. The van der Waals surface area contributed by atoms with Crippen LogP contribution in [0.4, 0.5) is 0 Å². The molecule has 0 radical (unpaired) electrons. The van der Waals surface area contributed by atoms with Crippen LogP contribution in [0.2, 0.25) is 0 Å². The molecule has 1 aromatic carbocycles. The third kappa shape index (κ3) is 2.42. The maximum absolute atomic E-state index is 12.7. The lowest BCUT2D eigenvalue weighted by molar-refractivity contribution is 1.19. The summed E-state index contributed by atoms with van der Waals surface area (Å²) >= 11 is 3.23. The molecule has 0 bridgehead atoms. The molecule has 0 spiro atoms. The molecular formula is C18H14N2OS2. The third-order valence-corrected chi connectivity index (χ3v) is 5.68. The molecule has 1 N–H and O–H groups in total. The molecule has 0 aliphatic carbocycles. The number of H-pyrrole nitrogens is 1. The van der Waals surface area contributed by atoms with E-state index in [0.717, 1.165) is 31.3 Å². The van der Waals surface area contributed by atoms with Crippen molar-refractivity contribution in [3.63, 3.8) is 0 Å². The van der Waals surface area contributed by atoms with Crippen molar-refractivity contribution in [1.82, 2.24) is 9.97 Å². The maximum atomic E-state index is 12.7. The Bertz CT molecular complexity index is 1060. The fourth-order valence-electron chi connectivity index (χ4n) is 2.77. The Morgan fingerprint density at radius 2 is 2.00 bits per heavy atom. The topological polar surface area (TPSA) is 45.8 Å². The van der Waals surface area contributed by atoms with Gasteiger partial charge in [-0.2, -0.15) is 0 Å². The first kappa shape index (κ1) is 14.4. The fourth-order valence-corrected chi connectivity index (χ4v) is 4.70. The maximum Gasteiger partial charge on any atom is 0.260 e. The van der Waals surface area contributed by atoms with Crippen LogP contribution in [0, 0.1) is 13.8 Å². The van der Waals surface area contributed by atoms with Gasteiger partial charge < -0.3 is 4.98 Å². The van der Waals surface area contributed by atoms with Crippen molar-refractivity contribution in [2.75, 3.05) is 0 Å². The van der Waals surface area contributed by atoms with Crippen LogP contribution in [-0.2, 0) is 0 Å². The molecule has 0 aliphatic heterocycles. The Morgan fingerprint density at radius 1 is 1.13 bits per heavy atom. The van der Waals surface area contributed by atoms with Gasteiger partial charge in [0.15, 0.2) is 0 Å². The number of nitrogens with zero attached hydrogens (tertiary/aromatic N) is 1. The molecule has 0 fully saturated rings. The van der Waals surface area contributed by atoms with Gasteiger partial charge >= 0.3 is 0 Å². The SMILES string of the molecule is Cc1cccc(-c2nc3sc(C)c(-c4cccs4)c3c(=O)[nH]2)c1. The molecule has 0 unspecified atom stereocenters. The second-order valence-corrected chi connectivity index (χ2v) is 7.63. The molecule has 114 valence electrons. The minimum atomic E-state index is -0.0701. The van der Waals surface area contributed by atoms with E-state index < -0.39 is 0 Å². The summed E-state index contributed by atoms with van der Waals surface area (Å²) < 4.78 is 0. The van der Waals surface area contributed by atoms with E-state index in [0.29, 0.717) is 11.2 Å². The molecule has 23 heavy (non-hydrogen) atoms. The Balaban J connectivity index is 1.99. The Morgan fingerprint density at radius 3 is 2.74 bits per heavy atom. The number of rotatable bonds is 2. The van der Waals surface area contributed by atoms with E-state index in [1.165, 1.54) is 0 Å². The van der Waals surface area contributed by atoms with Crippen LogP contribution < -0.4 is 5.56 Å². The van der Waals surface area contributed by atoms with E-state index >= 15 is 0 Å². The zero-order valence-electron chi connectivity index (χ0n) is 12.7. The molecule has 0 aliphatic rings. The fraction of sp³-hybridized carbons (Fsp3) is 0.111. The summed E-state index contributed by atoms with van der Waals surface area (Å²) in [6.07, 6.45) is 0. The predicted octanol–water partition coefficient (Wildman–Crippen LogP) is 5.00. The molecule has 0 saturated heterocycles. The summed E-state index contributed by atoms with van der Waals surface area (Å²) in [5, 5.41) is 2.73. The van der Waals surface area contributed by atoms with Gasteiger partial charge in [-0.25, -0.2) is 4.98 Å². The summed E-state index contributed by atoms with van der Waals surface area (Å²) in [5.41, 5.74) is 3.03. The second kappa shape index (κ2) is 5.44. The average molecular weight is 338 g/mol. The van der Waals surface area contributed by atoms with E-state index in [9.17, 15) is 4.79 Å². The van der Waals surface area contributed by atoms with E-state index in [4.69, 9.17) is 4.98 Å². The van der Waals surface area contributed by atoms with Crippen LogP contribution >= 0.6 is 22.7 Å². The first-order valence-corrected chi connectivity index (χ1v) is 8.97. The Hall–Kier alpha value is -2.24. The van der Waals surface area contributed by atoms with Crippen molar-refractivity contribution in [3.8, 4) is 21.8 Å². The summed E-state index contributed by atoms with van der Waals surface area (Å²) in [5.74, 6) is 0.630. The lowest BCUT2D eigenvalue weighted by Crippen LogP contribution is -2.09. The number of fused-ring (bicyclic) bond motifs is 1. The molecular weight excluding hydrogens is 324 g/mol. The van der Waals surface area contributed by atoms with Crippen LogP contribution in [0.3, 0.4) is 0 Å². The number of hydrogen-bond donors (Lipinski definition) is 1. The molecule has 0 amide bonds. The summed E-state index contributed by atoms with van der Waals surface area (Å²) in [7, 11) is 0. The number of aromatic amines is 1. The van der Waals surface area contributed by atoms with Crippen molar-refractivity contribution in [3.05, 3.63) is 62.6 Å². The van der Waals surface area contributed by atoms with Gasteiger partial charge in [-0.3, -0.25) is 4.79 Å². The van der Waals surface area contributed by atoms with Gasteiger partial charge in [0.25, 0.3) is 5.56 Å². The predicted molar refractivity (Wildman–Crippen MR) is 98.5 cm³/mol. The number of thiophene rings is 2. The van der Waals surface area contributed by atoms with E-state index in [2.05, 4.69) is 4.98 Å². The number of nitrogens with one attached hydrogen (secondary N) is 1. The van der Waals surface area contributed by atoms with E-state index in [-0.39, 0.29) is 5.56 Å². The highest BCUT2D eigenvalue weighted by atomic mass is 32.1. The van der Waals surface area contributed by atoms with Crippen LogP contribution in [0.5, 0.6) is 0 Å². The number of hydrogen-bond acceptors (Lipinski definition) is 4. The minimum Gasteiger partial charge on any atom is -0.306 e. The van der Waals surface area contributed by atoms with Gasteiger partial charge in [0, 0.05) is 20.9 Å². The van der Waals surface area contributed by atoms with Crippen LogP contribution in [0.1, 0.15) is 10.4 Å². The number of aromatic nitrogens is 2. The normalized spacial score (nSPS) is 11.2. The summed E-state index contributed by atoms with van der Waals surface area (Å²) in [6.45, 7) is 4.08. The van der Waals surface area contributed by atoms with E-state index in [1.54, 1.807) is 22.7 Å². The van der Waals surface area contributed by atoms with Crippen molar-refractivity contribution in [2.24, 2.45) is 0 Å². The molecule has 4 aromatic rings. The standard InChI is InChI=1S/C18H14N2OS2/c1-10-5-3-6-12(9-10)16-19-17(21)15-14(13-7-4-8-22-13)11(2)23-18(15)20-16/h3-9H,1-2H3,(H,19,20,21). The molecule has 3 aromatic heterocycles. The van der Waals surface area contributed by atoms with Gasteiger partial charge in [-0.15, -0.1) is 22.7 Å². The van der Waals surface area contributed by atoms with E-state index in [1.807, 2.05) is 55.6 Å². The van der Waals surface area contributed by atoms with Gasteiger partial charge in [0.1, 0.15) is 10.7 Å². The molecule has 3 heterocycles. The van der Waals surface area contributed by atoms with Gasteiger partial charge in [0.05, 0.1) is 5.39 Å². The Labute approximate surface area is 141 Å². The highest BCUT2D eigenvalue weighted by molar-refractivity contribution is 7.20. The first-order chi connectivity index (χ1) is 11.1. The zero-order chi connectivity index (χ0) is 16.0. The lowest BCUT2D eigenvalue weighted by atomic mass is 10.1. The van der Waals surface area contributed by atoms with Gasteiger partial charge in [0.2, 0.25) is 0 Å². The van der Waals surface area contributed by atoms with Crippen LogP contribution in [0.25, 0.3) is 32.0 Å². The molecule has 3 nitrogen and oxygen atoms in total. The summed E-state index contributed by atoms with van der Waals surface area (Å²) in [4.78, 5) is 23.4. The van der Waals surface area contributed by atoms with Crippen molar-refractivity contribution < 1.29 is 0 Å². The van der Waals surface area contributed by atoms with Crippen LogP contribution in [-0.4, -0.2) is 9.97 Å². The molecule has 5 heteroatoms. The Kier molecular flexibility index (Phi) is 3.39. The molecule has 0 atom stereocenters. The third-order valence-electron chi connectivity index (χ3n) is 3.80. The second-order valence-electron chi connectivity index (χ2n) is 5.47. The van der Waals surface area contributed by atoms with Gasteiger partial charge in [-0.05, 0) is 31.4 Å². The lowest BCUT2D eigenvalue weighted by Gasteiger charge is -2.03. The summed E-state index contributed by atoms with van der Waals surface area (Å²) in [6, 6.07) is 12.1. The average Bonchev–Trinajstić information content (AvgIpc) is 3.13.